The van der Waals surface area contributed by atoms with Gasteiger partial charge in [-0.15, -0.1) is 16.9 Å². The van der Waals surface area contributed by atoms with Crippen LogP contribution >= 0.6 is 11.8 Å². The molecule has 8 heteroatoms. The summed E-state index contributed by atoms with van der Waals surface area (Å²) in [6, 6.07) is 14.8. The molecule has 134 valence electrons. The van der Waals surface area contributed by atoms with Crippen LogP contribution < -0.4 is 14.8 Å². The van der Waals surface area contributed by atoms with Gasteiger partial charge in [0.15, 0.2) is 18.1 Å². The van der Waals surface area contributed by atoms with Crippen LogP contribution in [0.1, 0.15) is 0 Å². The van der Waals surface area contributed by atoms with E-state index >= 15 is 0 Å². The third-order valence-corrected chi connectivity index (χ3v) is 4.18. The molecular formula is C18H17N3O4S. The van der Waals surface area contributed by atoms with Crippen molar-refractivity contribution in [3.63, 3.8) is 0 Å². The zero-order valence-electron chi connectivity index (χ0n) is 14.3. The summed E-state index contributed by atoms with van der Waals surface area (Å²) in [7, 11) is 1.54. The summed E-state index contributed by atoms with van der Waals surface area (Å²) in [4.78, 5) is 13.1. The number of carbonyl (C=O) groups is 1. The van der Waals surface area contributed by atoms with E-state index < -0.39 is 5.91 Å². The number of hydrogen-bond donors (Lipinski definition) is 1. The number of hydrogen-bond acceptors (Lipinski definition) is 7. The summed E-state index contributed by atoms with van der Waals surface area (Å²) in [6.07, 6.45) is 2.00. The van der Waals surface area contributed by atoms with Crippen LogP contribution in [0.3, 0.4) is 0 Å². The number of nitrogens with one attached hydrogen (secondary N) is 1. The molecule has 0 radical (unpaired) electrons. The van der Waals surface area contributed by atoms with Gasteiger partial charge >= 0.3 is 6.01 Å². The monoisotopic (exact) mass is 371 g/mol. The fourth-order valence-corrected chi connectivity index (χ4v) is 2.57. The number of aromatic nitrogens is 2. The van der Waals surface area contributed by atoms with Gasteiger partial charge in [0.05, 0.1) is 7.11 Å². The number of amides is 1. The van der Waals surface area contributed by atoms with E-state index in [1.54, 1.807) is 30.0 Å². The third kappa shape index (κ3) is 4.34. The summed E-state index contributed by atoms with van der Waals surface area (Å²) in [5.74, 6) is 0.946. The Morgan fingerprint density at radius 1 is 1.12 bits per heavy atom. The van der Waals surface area contributed by atoms with Crippen LogP contribution in [0.5, 0.6) is 11.5 Å². The molecular weight excluding hydrogens is 354 g/mol. The molecule has 1 aromatic heterocycles. The summed E-state index contributed by atoms with van der Waals surface area (Å²) in [5, 5.41) is 10.3. The summed E-state index contributed by atoms with van der Waals surface area (Å²) in [6.45, 7) is -0.208. The summed E-state index contributed by atoms with van der Waals surface area (Å²) in [5.41, 5.74) is 0.779. The molecule has 0 bridgehead atoms. The maximum Gasteiger partial charge on any atom is 0.322 e. The van der Waals surface area contributed by atoms with Crippen molar-refractivity contribution in [1.82, 2.24) is 10.2 Å². The van der Waals surface area contributed by atoms with E-state index in [4.69, 9.17) is 13.9 Å². The van der Waals surface area contributed by atoms with E-state index in [9.17, 15) is 4.79 Å². The number of benzene rings is 2. The second-order valence-corrected chi connectivity index (χ2v) is 6.01. The highest BCUT2D eigenvalue weighted by Gasteiger charge is 2.13. The molecule has 0 saturated carbocycles. The molecule has 0 spiro atoms. The van der Waals surface area contributed by atoms with Gasteiger partial charge in [-0.05, 0) is 42.7 Å². The Kier molecular flexibility index (Phi) is 5.75. The molecule has 3 rings (SSSR count). The van der Waals surface area contributed by atoms with Crippen molar-refractivity contribution in [2.24, 2.45) is 0 Å². The Labute approximate surface area is 154 Å². The van der Waals surface area contributed by atoms with Gasteiger partial charge < -0.3 is 13.9 Å². The maximum atomic E-state index is 12.0. The minimum Gasteiger partial charge on any atom is -0.493 e. The lowest BCUT2D eigenvalue weighted by Gasteiger charge is -2.09. The SMILES string of the molecule is COc1ccccc1OCC(=O)Nc1nnc(-c2ccc(SC)cc2)o1. The number of carbonyl (C=O) groups excluding carboxylic acids is 1. The normalized spacial score (nSPS) is 10.4. The molecule has 0 aliphatic heterocycles. The molecule has 0 atom stereocenters. The fraction of sp³-hybridized carbons (Fsp3) is 0.167. The molecule has 0 unspecified atom stereocenters. The molecule has 7 nitrogen and oxygen atoms in total. The van der Waals surface area contributed by atoms with Crippen molar-refractivity contribution in [2.75, 3.05) is 25.3 Å². The number of ether oxygens (including phenoxy) is 2. The van der Waals surface area contributed by atoms with E-state index in [1.807, 2.05) is 36.6 Å². The molecule has 1 N–H and O–H groups in total. The van der Waals surface area contributed by atoms with Crippen LogP contribution in [0.25, 0.3) is 11.5 Å². The first kappa shape index (κ1) is 17.8. The number of rotatable bonds is 7. The Morgan fingerprint density at radius 2 is 1.85 bits per heavy atom. The lowest BCUT2D eigenvalue weighted by molar-refractivity contribution is -0.118. The van der Waals surface area contributed by atoms with Crippen LogP contribution in [0.2, 0.25) is 0 Å². The standard InChI is InChI=1S/C18H17N3O4S/c1-23-14-5-3-4-6-15(14)24-11-16(22)19-18-21-20-17(25-18)12-7-9-13(26-2)10-8-12/h3-10H,11H2,1-2H3,(H,19,21,22). The quantitative estimate of drug-likeness (QED) is 0.636. The Morgan fingerprint density at radius 3 is 2.54 bits per heavy atom. The van der Waals surface area contributed by atoms with Crippen molar-refractivity contribution in [2.45, 2.75) is 4.90 Å². The van der Waals surface area contributed by atoms with E-state index in [-0.39, 0.29) is 12.6 Å². The number of thioether (sulfide) groups is 1. The molecule has 1 amide bonds. The van der Waals surface area contributed by atoms with Crippen molar-refractivity contribution < 1.29 is 18.7 Å². The third-order valence-electron chi connectivity index (χ3n) is 3.44. The number of anilines is 1. The number of para-hydroxylation sites is 2. The van der Waals surface area contributed by atoms with E-state index in [2.05, 4.69) is 15.5 Å². The number of nitrogens with zero attached hydrogens (tertiary/aromatic N) is 2. The molecule has 0 aliphatic carbocycles. The smallest absolute Gasteiger partial charge is 0.322 e. The molecule has 26 heavy (non-hydrogen) atoms. The van der Waals surface area contributed by atoms with Crippen LogP contribution in [0.4, 0.5) is 6.01 Å². The van der Waals surface area contributed by atoms with Gasteiger partial charge in [0.2, 0.25) is 5.89 Å². The molecule has 0 aliphatic rings. The van der Waals surface area contributed by atoms with Crippen molar-refractivity contribution in [1.29, 1.82) is 0 Å². The minimum absolute atomic E-state index is 0.0163. The van der Waals surface area contributed by atoms with Crippen LogP contribution in [0.15, 0.2) is 57.8 Å². The minimum atomic E-state index is -0.413. The highest BCUT2D eigenvalue weighted by Crippen LogP contribution is 2.26. The first-order valence-electron chi connectivity index (χ1n) is 7.73. The van der Waals surface area contributed by atoms with Crippen LogP contribution in [-0.2, 0) is 4.79 Å². The Hall–Kier alpha value is -3.00. The second kappa shape index (κ2) is 8.39. The van der Waals surface area contributed by atoms with E-state index in [0.29, 0.717) is 17.4 Å². The largest absolute Gasteiger partial charge is 0.493 e. The maximum absolute atomic E-state index is 12.0. The predicted molar refractivity (Wildman–Crippen MR) is 98.6 cm³/mol. The highest BCUT2D eigenvalue weighted by molar-refractivity contribution is 7.98. The first-order chi connectivity index (χ1) is 12.7. The predicted octanol–water partition coefficient (Wildman–Crippen LogP) is 3.48. The van der Waals surface area contributed by atoms with Crippen LogP contribution in [-0.4, -0.2) is 36.1 Å². The summed E-state index contributed by atoms with van der Waals surface area (Å²) >= 11 is 1.65. The average Bonchev–Trinajstić information content (AvgIpc) is 3.15. The second-order valence-electron chi connectivity index (χ2n) is 5.13. The van der Waals surface area contributed by atoms with Crippen molar-refractivity contribution in [3.05, 3.63) is 48.5 Å². The van der Waals surface area contributed by atoms with Gasteiger partial charge in [0.25, 0.3) is 5.91 Å². The molecule has 1 heterocycles. The molecule has 0 saturated heterocycles. The Bertz CT molecular complexity index is 880. The Balaban J connectivity index is 1.59. The first-order valence-corrected chi connectivity index (χ1v) is 8.95. The van der Waals surface area contributed by atoms with Gasteiger partial charge in [-0.25, -0.2) is 0 Å². The van der Waals surface area contributed by atoms with Gasteiger partial charge in [0.1, 0.15) is 0 Å². The van der Waals surface area contributed by atoms with Gasteiger partial charge in [-0.3, -0.25) is 10.1 Å². The van der Waals surface area contributed by atoms with Crippen molar-refractivity contribution in [3.8, 4) is 23.0 Å². The molecule has 0 fully saturated rings. The average molecular weight is 371 g/mol. The van der Waals surface area contributed by atoms with Gasteiger partial charge in [0, 0.05) is 10.5 Å². The fourth-order valence-electron chi connectivity index (χ4n) is 2.16. The lowest BCUT2D eigenvalue weighted by Crippen LogP contribution is -2.20. The molecule has 3 aromatic rings. The van der Waals surface area contributed by atoms with Crippen molar-refractivity contribution >= 4 is 23.7 Å². The van der Waals surface area contributed by atoms with Crippen LogP contribution in [0, 0.1) is 0 Å². The van der Waals surface area contributed by atoms with E-state index in [0.717, 1.165) is 10.5 Å². The van der Waals surface area contributed by atoms with Gasteiger partial charge in [-0.1, -0.05) is 17.2 Å². The van der Waals surface area contributed by atoms with E-state index in [1.165, 1.54) is 7.11 Å². The molecule has 2 aromatic carbocycles. The lowest BCUT2D eigenvalue weighted by atomic mass is 10.2. The topological polar surface area (TPSA) is 86.5 Å². The summed E-state index contributed by atoms with van der Waals surface area (Å²) < 4.78 is 16.1. The highest BCUT2D eigenvalue weighted by atomic mass is 32.2. The zero-order valence-corrected chi connectivity index (χ0v) is 15.1. The number of methoxy groups -OCH3 is 1. The van der Waals surface area contributed by atoms with Gasteiger partial charge in [-0.2, -0.15) is 0 Å². The zero-order chi connectivity index (χ0) is 18.4.